The number of aryl methyl sites for hydroxylation is 2. The van der Waals surface area contributed by atoms with Gasteiger partial charge in [-0.1, -0.05) is 73.5 Å². The maximum atomic E-state index is 6.56. The Labute approximate surface area is 149 Å². The van der Waals surface area contributed by atoms with Crippen LogP contribution in [0.1, 0.15) is 24.5 Å². The van der Waals surface area contributed by atoms with Crippen molar-refractivity contribution in [2.24, 2.45) is 0 Å². The topological polar surface area (TPSA) is 12.0 Å². The zero-order chi connectivity index (χ0) is 16.9. The van der Waals surface area contributed by atoms with E-state index in [0.29, 0.717) is 0 Å². The lowest BCUT2D eigenvalue weighted by atomic mass is 10.0. The van der Waals surface area contributed by atoms with E-state index >= 15 is 0 Å². The first-order valence-corrected chi connectivity index (χ1v) is 8.77. The van der Waals surface area contributed by atoms with E-state index in [0.717, 1.165) is 34.8 Å². The van der Waals surface area contributed by atoms with Crippen LogP contribution in [-0.4, -0.2) is 0 Å². The summed E-state index contributed by atoms with van der Waals surface area (Å²) in [5.74, 6) is 0. The van der Waals surface area contributed by atoms with E-state index in [-0.39, 0.29) is 0 Å². The third-order valence-corrected chi connectivity index (χ3v) is 4.53. The van der Waals surface area contributed by atoms with E-state index in [1.807, 2.05) is 18.2 Å². The zero-order valence-electron chi connectivity index (χ0n) is 14.1. The average Bonchev–Trinajstić information content (AvgIpc) is 2.58. The fourth-order valence-corrected chi connectivity index (χ4v) is 3.25. The van der Waals surface area contributed by atoms with E-state index in [1.54, 1.807) is 0 Å². The predicted octanol–water partition coefficient (Wildman–Crippen LogP) is 7.01. The van der Waals surface area contributed by atoms with Crippen molar-refractivity contribution in [2.75, 3.05) is 5.32 Å². The molecule has 0 atom stereocenters. The van der Waals surface area contributed by atoms with Crippen molar-refractivity contribution in [3.8, 4) is 11.1 Å². The molecule has 3 aromatic carbocycles. The summed E-state index contributed by atoms with van der Waals surface area (Å²) in [6.45, 7) is 4.31. The first-order valence-electron chi connectivity index (χ1n) is 8.39. The monoisotopic (exact) mass is 335 g/mol. The van der Waals surface area contributed by atoms with Crippen LogP contribution in [0, 0.1) is 6.92 Å². The molecule has 0 aliphatic rings. The van der Waals surface area contributed by atoms with Gasteiger partial charge in [-0.05, 0) is 48.2 Å². The second-order valence-corrected chi connectivity index (χ2v) is 6.45. The van der Waals surface area contributed by atoms with Crippen molar-refractivity contribution < 1.29 is 0 Å². The second-order valence-electron chi connectivity index (χ2n) is 6.04. The van der Waals surface area contributed by atoms with Crippen molar-refractivity contribution >= 4 is 23.0 Å². The van der Waals surface area contributed by atoms with Crippen LogP contribution in [0.3, 0.4) is 0 Å². The third-order valence-electron chi connectivity index (χ3n) is 4.22. The molecule has 0 saturated carbocycles. The Balaban J connectivity index is 1.90. The largest absolute Gasteiger partial charge is 0.355 e. The Morgan fingerprint density at radius 2 is 1.62 bits per heavy atom. The van der Waals surface area contributed by atoms with Gasteiger partial charge in [-0.3, -0.25) is 0 Å². The Morgan fingerprint density at radius 3 is 2.38 bits per heavy atom. The number of rotatable bonds is 5. The summed E-state index contributed by atoms with van der Waals surface area (Å²) in [6.07, 6.45) is 2.20. The van der Waals surface area contributed by atoms with E-state index < -0.39 is 0 Å². The molecule has 0 aliphatic carbocycles. The van der Waals surface area contributed by atoms with Gasteiger partial charge in [-0.2, -0.15) is 0 Å². The van der Waals surface area contributed by atoms with Gasteiger partial charge in [0.15, 0.2) is 0 Å². The molecule has 24 heavy (non-hydrogen) atoms. The number of hydrogen-bond acceptors (Lipinski definition) is 1. The molecule has 122 valence electrons. The average molecular weight is 336 g/mol. The highest BCUT2D eigenvalue weighted by Crippen LogP contribution is 2.33. The molecule has 0 bridgehead atoms. The van der Waals surface area contributed by atoms with Gasteiger partial charge in [-0.15, -0.1) is 0 Å². The van der Waals surface area contributed by atoms with Crippen LogP contribution in [0.4, 0.5) is 11.4 Å². The van der Waals surface area contributed by atoms with Gasteiger partial charge < -0.3 is 5.32 Å². The highest BCUT2D eigenvalue weighted by Gasteiger charge is 2.08. The van der Waals surface area contributed by atoms with E-state index in [1.165, 1.54) is 16.7 Å². The molecular weight excluding hydrogens is 314 g/mol. The predicted molar refractivity (Wildman–Crippen MR) is 105 cm³/mol. The van der Waals surface area contributed by atoms with Crippen molar-refractivity contribution in [2.45, 2.75) is 26.7 Å². The van der Waals surface area contributed by atoms with Gasteiger partial charge in [0.25, 0.3) is 0 Å². The van der Waals surface area contributed by atoms with Crippen LogP contribution in [0.2, 0.25) is 5.02 Å². The molecule has 0 aromatic heterocycles. The molecule has 0 amide bonds. The van der Waals surface area contributed by atoms with Crippen LogP contribution < -0.4 is 5.32 Å². The van der Waals surface area contributed by atoms with Gasteiger partial charge in [0.1, 0.15) is 0 Å². The quantitative estimate of drug-likeness (QED) is 0.528. The lowest BCUT2D eigenvalue weighted by Crippen LogP contribution is -1.96. The minimum absolute atomic E-state index is 0.766. The number of nitrogens with one attached hydrogen (secondary N) is 1. The standard InChI is InChI=1S/C22H22ClN/c1-3-8-17-10-5-7-12-22(17)24-18-13-14-20(21(23)15-18)19-11-6-4-9-16(19)2/h4-7,9-15,24H,3,8H2,1-2H3. The Morgan fingerprint density at radius 1 is 0.875 bits per heavy atom. The van der Waals surface area contributed by atoms with Gasteiger partial charge in [0, 0.05) is 16.9 Å². The molecule has 0 heterocycles. The minimum Gasteiger partial charge on any atom is -0.355 e. The Kier molecular flexibility index (Phi) is 5.22. The summed E-state index contributed by atoms with van der Waals surface area (Å²) >= 11 is 6.56. The maximum absolute atomic E-state index is 6.56. The number of benzene rings is 3. The van der Waals surface area contributed by atoms with Crippen molar-refractivity contribution in [1.29, 1.82) is 0 Å². The molecule has 0 spiro atoms. The first-order chi connectivity index (χ1) is 11.7. The van der Waals surface area contributed by atoms with E-state index in [2.05, 4.69) is 67.7 Å². The van der Waals surface area contributed by atoms with Crippen LogP contribution in [-0.2, 0) is 6.42 Å². The second kappa shape index (κ2) is 7.55. The van der Waals surface area contributed by atoms with E-state index in [9.17, 15) is 0 Å². The molecule has 1 N–H and O–H groups in total. The number of hydrogen-bond donors (Lipinski definition) is 1. The van der Waals surface area contributed by atoms with Crippen LogP contribution in [0.5, 0.6) is 0 Å². The molecule has 0 saturated heterocycles. The normalized spacial score (nSPS) is 10.6. The fraction of sp³-hybridized carbons (Fsp3) is 0.182. The number of halogens is 1. The first kappa shape index (κ1) is 16.6. The zero-order valence-corrected chi connectivity index (χ0v) is 14.9. The molecular formula is C22H22ClN. The van der Waals surface area contributed by atoms with Gasteiger partial charge in [0.2, 0.25) is 0 Å². The Hall–Kier alpha value is -2.25. The summed E-state index contributed by atoms with van der Waals surface area (Å²) in [5, 5.41) is 4.27. The molecule has 0 radical (unpaired) electrons. The van der Waals surface area contributed by atoms with Crippen LogP contribution in [0.15, 0.2) is 66.7 Å². The summed E-state index contributed by atoms with van der Waals surface area (Å²) in [5.41, 5.74) is 6.98. The summed E-state index contributed by atoms with van der Waals surface area (Å²) < 4.78 is 0. The molecule has 3 aromatic rings. The summed E-state index contributed by atoms with van der Waals surface area (Å²) in [7, 11) is 0. The fourth-order valence-electron chi connectivity index (χ4n) is 2.97. The number of para-hydroxylation sites is 1. The number of anilines is 2. The molecule has 3 rings (SSSR count). The van der Waals surface area contributed by atoms with Gasteiger partial charge in [-0.25, -0.2) is 0 Å². The summed E-state index contributed by atoms with van der Waals surface area (Å²) in [6, 6.07) is 23.0. The van der Waals surface area contributed by atoms with Crippen molar-refractivity contribution in [1.82, 2.24) is 0 Å². The van der Waals surface area contributed by atoms with Gasteiger partial charge in [0.05, 0.1) is 5.02 Å². The highest BCUT2D eigenvalue weighted by atomic mass is 35.5. The lowest BCUT2D eigenvalue weighted by Gasteiger charge is -2.14. The maximum Gasteiger partial charge on any atom is 0.0505 e. The Bertz CT molecular complexity index is 839. The molecule has 0 fully saturated rings. The summed E-state index contributed by atoms with van der Waals surface area (Å²) in [4.78, 5) is 0. The van der Waals surface area contributed by atoms with E-state index in [4.69, 9.17) is 11.6 Å². The van der Waals surface area contributed by atoms with Crippen molar-refractivity contribution in [3.05, 3.63) is 82.9 Å². The SMILES string of the molecule is CCCc1ccccc1Nc1ccc(-c2ccccc2C)c(Cl)c1. The van der Waals surface area contributed by atoms with Crippen molar-refractivity contribution in [3.63, 3.8) is 0 Å². The minimum atomic E-state index is 0.766. The molecule has 0 unspecified atom stereocenters. The van der Waals surface area contributed by atoms with Gasteiger partial charge >= 0.3 is 0 Å². The molecule has 1 nitrogen and oxygen atoms in total. The van der Waals surface area contributed by atoms with Crippen LogP contribution >= 0.6 is 11.6 Å². The molecule has 0 aliphatic heterocycles. The third kappa shape index (κ3) is 3.63. The lowest BCUT2D eigenvalue weighted by molar-refractivity contribution is 0.923. The highest BCUT2D eigenvalue weighted by molar-refractivity contribution is 6.33. The smallest absolute Gasteiger partial charge is 0.0505 e. The van der Waals surface area contributed by atoms with Crippen LogP contribution in [0.25, 0.3) is 11.1 Å². The molecule has 2 heteroatoms.